The minimum atomic E-state index is -0.118. The van der Waals surface area contributed by atoms with Crippen LogP contribution in [0.1, 0.15) is 46.4 Å². The molecule has 1 aliphatic rings. The van der Waals surface area contributed by atoms with Gasteiger partial charge in [0.05, 0.1) is 11.4 Å². The monoisotopic (exact) mass is 333 g/mol. The summed E-state index contributed by atoms with van der Waals surface area (Å²) in [6.07, 6.45) is 3.90. The fourth-order valence-corrected chi connectivity index (χ4v) is 3.45. The van der Waals surface area contributed by atoms with E-state index in [4.69, 9.17) is 0 Å². The molecule has 0 spiro atoms. The first-order valence-electron chi connectivity index (χ1n) is 7.76. The van der Waals surface area contributed by atoms with Crippen LogP contribution in [0.4, 0.5) is 0 Å². The molecule has 0 saturated carbocycles. The van der Waals surface area contributed by atoms with Crippen LogP contribution in [0, 0.1) is 0 Å². The largest absolute Gasteiger partial charge is 0.348 e. The number of carbonyl (C=O) groups is 1. The molecular weight excluding hydrogens is 314 g/mol. The molecule has 8 heteroatoms. The Labute approximate surface area is 137 Å². The maximum absolute atomic E-state index is 12.4. The van der Waals surface area contributed by atoms with Crippen molar-refractivity contribution >= 4 is 17.4 Å². The average molecular weight is 333 g/mol. The summed E-state index contributed by atoms with van der Waals surface area (Å²) < 4.78 is 5.25. The number of hydrogen-bond donors (Lipinski definition) is 1. The molecule has 122 valence electrons. The van der Waals surface area contributed by atoms with Gasteiger partial charge in [-0.25, -0.2) is 4.68 Å². The molecule has 0 saturated heterocycles. The van der Waals surface area contributed by atoms with Gasteiger partial charge in [0.25, 0.3) is 11.5 Å². The number of aromatic nitrogens is 4. The molecule has 1 unspecified atom stereocenters. The van der Waals surface area contributed by atoms with Crippen molar-refractivity contribution in [2.24, 2.45) is 7.05 Å². The Hall–Kier alpha value is -2.09. The lowest BCUT2D eigenvalue weighted by Crippen LogP contribution is -2.40. The SMILES string of the molecule is CCCc1nnsc1C(=O)NC1CCc2nn(C)c(=O)cc2C1. The van der Waals surface area contributed by atoms with E-state index in [-0.39, 0.29) is 17.5 Å². The summed E-state index contributed by atoms with van der Waals surface area (Å²) in [5.74, 6) is -0.117. The van der Waals surface area contributed by atoms with Gasteiger partial charge in [-0.3, -0.25) is 9.59 Å². The second-order valence-electron chi connectivity index (χ2n) is 5.79. The highest BCUT2D eigenvalue weighted by Gasteiger charge is 2.24. The smallest absolute Gasteiger partial charge is 0.266 e. The topological polar surface area (TPSA) is 89.8 Å². The summed E-state index contributed by atoms with van der Waals surface area (Å²) in [7, 11) is 1.66. The first kappa shape index (κ1) is 15.8. The Morgan fingerprint density at radius 2 is 2.35 bits per heavy atom. The molecule has 0 aromatic carbocycles. The second-order valence-corrected chi connectivity index (χ2v) is 6.54. The third-order valence-electron chi connectivity index (χ3n) is 4.04. The minimum absolute atomic E-state index is 0.0143. The lowest BCUT2D eigenvalue weighted by atomic mass is 9.92. The Balaban J connectivity index is 1.72. The molecule has 0 bridgehead atoms. The molecule has 1 amide bonds. The van der Waals surface area contributed by atoms with Gasteiger partial charge < -0.3 is 5.32 Å². The van der Waals surface area contributed by atoms with Gasteiger partial charge in [-0.2, -0.15) is 5.10 Å². The minimum Gasteiger partial charge on any atom is -0.348 e. The highest BCUT2D eigenvalue weighted by molar-refractivity contribution is 7.08. The molecule has 23 heavy (non-hydrogen) atoms. The van der Waals surface area contributed by atoms with Gasteiger partial charge >= 0.3 is 0 Å². The number of nitrogens with zero attached hydrogens (tertiary/aromatic N) is 4. The van der Waals surface area contributed by atoms with Crippen molar-refractivity contribution in [1.29, 1.82) is 0 Å². The van der Waals surface area contributed by atoms with Crippen LogP contribution in [0.3, 0.4) is 0 Å². The van der Waals surface area contributed by atoms with Crippen molar-refractivity contribution in [3.63, 3.8) is 0 Å². The normalized spacial score (nSPS) is 16.9. The van der Waals surface area contributed by atoms with Crippen LogP contribution in [0.25, 0.3) is 0 Å². The maximum Gasteiger partial charge on any atom is 0.266 e. The number of amides is 1. The van der Waals surface area contributed by atoms with E-state index < -0.39 is 0 Å². The summed E-state index contributed by atoms with van der Waals surface area (Å²) >= 11 is 1.14. The zero-order chi connectivity index (χ0) is 16.4. The number of carbonyl (C=O) groups excluding carboxylic acids is 1. The summed E-state index contributed by atoms with van der Waals surface area (Å²) in [5.41, 5.74) is 2.53. The lowest BCUT2D eigenvalue weighted by Gasteiger charge is -2.24. The quantitative estimate of drug-likeness (QED) is 0.897. The van der Waals surface area contributed by atoms with Gasteiger partial charge in [-0.1, -0.05) is 17.8 Å². The van der Waals surface area contributed by atoms with Crippen LogP contribution in [0.15, 0.2) is 10.9 Å². The van der Waals surface area contributed by atoms with E-state index in [0.29, 0.717) is 11.3 Å². The van der Waals surface area contributed by atoms with E-state index in [0.717, 1.165) is 54.2 Å². The number of nitrogens with one attached hydrogen (secondary N) is 1. The molecule has 2 aromatic rings. The van der Waals surface area contributed by atoms with E-state index in [1.54, 1.807) is 13.1 Å². The van der Waals surface area contributed by atoms with Crippen LogP contribution in [0.5, 0.6) is 0 Å². The maximum atomic E-state index is 12.4. The number of rotatable bonds is 4. The molecule has 1 N–H and O–H groups in total. The highest BCUT2D eigenvalue weighted by Crippen LogP contribution is 2.19. The summed E-state index contributed by atoms with van der Waals surface area (Å²) in [6.45, 7) is 2.05. The summed E-state index contributed by atoms with van der Waals surface area (Å²) in [5, 5.41) is 11.4. The predicted molar refractivity (Wildman–Crippen MR) is 86.7 cm³/mol. The van der Waals surface area contributed by atoms with Crippen LogP contribution in [-0.2, 0) is 26.3 Å². The van der Waals surface area contributed by atoms with E-state index in [1.807, 2.05) is 6.92 Å². The van der Waals surface area contributed by atoms with Gasteiger partial charge in [0.1, 0.15) is 4.88 Å². The molecule has 0 radical (unpaired) electrons. The van der Waals surface area contributed by atoms with E-state index >= 15 is 0 Å². The van der Waals surface area contributed by atoms with E-state index in [2.05, 4.69) is 20.0 Å². The van der Waals surface area contributed by atoms with Gasteiger partial charge in [0, 0.05) is 19.2 Å². The number of fused-ring (bicyclic) bond motifs is 1. The highest BCUT2D eigenvalue weighted by atomic mass is 32.1. The van der Waals surface area contributed by atoms with Crippen LogP contribution < -0.4 is 10.9 Å². The van der Waals surface area contributed by atoms with E-state index in [1.165, 1.54) is 4.68 Å². The van der Waals surface area contributed by atoms with Gasteiger partial charge in [0.15, 0.2) is 0 Å². The molecular formula is C15H19N5O2S. The van der Waals surface area contributed by atoms with Crippen molar-refractivity contribution in [3.05, 3.63) is 38.2 Å². The van der Waals surface area contributed by atoms with Crippen LogP contribution >= 0.6 is 11.5 Å². The van der Waals surface area contributed by atoms with Gasteiger partial charge in [-0.15, -0.1) is 5.10 Å². The number of hydrogen-bond acceptors (Lipinski definition) is 6. The van der Waals surface area contributed by atoms with Gasteiger partial charge in [-0.05, 0) is 42.8 Å². The molecule has 0 fully saturated rings. The zero-order valence-corrected chi connectivity index (χ0v) is 14.0. The Bertz CT molecular complexity index is 782. The third-order valence-corrected chi connectivity index (χ3v) is 4.80. The molecule has 3 rings (SSSR count). The molecule has 1 aliphatic carbocycles. The Morgan fingerprint density at radius 3 is 3.13 bits per heavy atom. The van der Waals surface area contributed by atoms with Gasteiger partial charge in [0.2, 0.25) is 0 Å². The molecule has 2 heterocycles. The summed E-state index contributed by atoms with van der Waals surface area (Å²) in [6, 6.07) is 1.64. The van der Waals surface area contributed by atoms with E-state index in [9.17, 15) is 9.59 Å². The van der Waals surface area contributed by atoms with Crippen molar-refractivity contribution in [2.75, 3.05) is 0 Å². The Kier molecular flexibility index (Phi) is 4.51. The third kappa shape index (κ3) is 3.31. The first-order valence-corrected chi connectivity index (χ1v) is 8.54. The van der Waals surface area contributed by atoms with Crippen molar-refractivity contribution in [2.45, 2.75) is 45.1 Å². The fraction of sp³-hybridized carbons (Fsp3) is 0.533. The first-order chi connectivity index (χ1) is 11.1. The molecule has 7 nitrogen and oxygen atoms in total. The summed E-state index contributed by atoms with van der Waals surface area (Å²) in [4.78, 5) is 24.8. The van der Waals surface area contributed by atoms with Crippen LogP contribution in [-0.4, -0.2) is 31.3 Å². The Morgan fingerprint density at radius 1 is 1.52 bits per heavy atom. The van der Waals surface area contributed by atoms with Crippen LogP contribution in [0.2, 0.25) is 0 Å². The van der Waals surface area contributed by atoms with Crippen molar-refractivity contribution in [3.8, 4) is 0 Å². The molecule has 2 aromatic heterocycles. The fourth-order valence-electron chi connectivity index (χ4n) is 2.84. The number of aryl methyl sites for hydroxylation is 3. The zero-order valence-electron chi connectivity index (χ0n) is 13.2. The van der Waals surface area contributed by atoms with Crippen molar-refractivity contribution < 1.29 is 4.79 Å². The lowest BCUT2D eigenvalue weighted by molar-refractivity contribution is 0.0936. The average Bonchev–Trinajstić information content (AvgIpc) is 2.97. The second kappa shape index (κ2) is 6.57. The van der Waals surface area contributed by atoms with Crippen molar-refractivity contribution in [1.82, 2.24) is 24.7 Å². The molecule has 1 atom stereocenters. The predicted octanol–water partition coefficient (Wildman–Crippen LogP) is 0.872. The standard InChI is InChI=1S/C15H19N5O2S/c1-3-4-12-14(23-19-17-12)15(22)16-10-5-6-11-9(7-10)8-13(21)20(2)18-11/h8,10H,3-7H2,1-2H3,(H,16,22). The molecule has 0 aliphatic heterocycles.